The van der Waals surface area contributed by atoms with Gasteiger partial charge in [0, 0.05) is 11.6 Å². The zero-order chi connectivity index (χ0) is 14.0. The molecule has 98 valence electrons. The van der Waals surface area contributed by atoms with E-state index in [9.17, 15) is 14.3 Å². The van der Waals surface area contributed by atoms with E-state index in [0.717, 1.165) is 6.07 Å². The fourth-order valence-corrected chi connectivity index (χ4v) is 1.89. The predicted molar refractivity (Wildman–Crippen MR) is 72.2 cm³/mol. The van der Waals surface area contributed by atoms with Crippen molar-refractivity contribution in [3.8, 4) is 5.75 Å². The number of aryl methyl sites for hydroxylation is 1. The normalized spacial score (nSPS) is 10.3. The Kier molecular flexibility index (Phi) is 3.71. The smallest absolute Gasteiger partial charge is 0.255 e. The second-order valence-corrected chi connectivity index (χ2v) is 4.54. The van der Waals surface area contributed by atoms with E-state index < -0.39 is 11.7 Å². The average molecular weight is 280 g/mol. The number of aromatic hydroxyl groups is 1. The van der Waals surface area contributed by atoms with Crippen molar-refractivity contribution in [2.24, 2.45) is 0 Å². The van der Waals surface area contributed by atoms with Crippen molar-refractivity contribution in [3.63, 3.8) is 0 Å². The number of nitrogens with one attached hydrogen (secondary N) is 1. The summed E-state index contributed by atoms with van der Waals surface area (Å²) in [5.74, 6) is -0.929. The van der Waals surface area contributed by atoms with Gasteiger partial charge in [0.05, 0.1) is 10.7 Å². The molecule has 0 spiro atoms. The van der Waals surface area contributed by atoms with Crippen LogP contribution in [0, 0.1) is 12.7 Å². The average Bonchev–Trinajstić information content (AvgIpc) is 2.31. The van der Waals surface area contributed by atoms with E-state index >= 15 is 0 Å². The van der Waals surface area contributed by atoms with Crippen LogP contribution in [0.2, 0.25) is 5.02 Å². The van der Waals surface area contributed by atoms with Gasteiger partial charge < -0.3 is 10.4 Å². The number of phenolic OH excluding ortho intramolecular Hbond substituents is 1. The highest BCUT2D eigenvalue weighted by molar-refractivity contribution is 6.34. The van der Waals surface area contributed by atoms with Crippen LogP contribution in [0.25, 0.3) is 0 Å². The van der Waals surface area contributed by atoms with Gasteiger partial charge in [-0.1, -0.05) is 11.6 Å². The first kappa shape index (κ1) is 13.4. The van der Waals surface area contributed by atoms with Gasteiger partial charge >= 0.3 is 0 Å². The van der Waals surface area contributed by atoms with E-state index in [0.29, 0.717) is 11.3 Å². The molecule has 0 saturated heterocycles. The highest BCUT2D eigenvalue weighted by Crippen LogP contribution is 2.26. The summed E-state index contributed by atoms with van der Waals surface area (Å²) in [7, 11) is 0. The van der Waals surface area contributed by atoms with E-state index in [1.165, 1.54) is 24.3 Å². The standard InChI is InChI=1S/C14H11ClFNO2/c1-8-4-9(6-10(16)5-8)14(19)17-13-3-2-11(18)7-12(13)15/h2-7,18H,1H3,(H,17,19). The van der Waals surface area contributed by atoms with Crippen molar-refractivity contribution in [1.29, 1.82) is 0 Å². The highest BCUT2D eigenvalue weighted by Gasteiger charge is 2.10. The summed E-state index contributed by atoms with van der Waals surface area (Å²) in [6.45, 7) is 1.70. The largest absolute Gasteiger partial charge is 0.508 e. The first-order chi connectivity index (χ1) is 8.95. The number of anilines is 1. The summed E-state index contributed by atoms with van der Waals surface area (Å²) in [6.07, 6.45) is 0. The second-order valence-electron chi connectivity index (χ2n) is 4.14. The number of phenols is 1. The number of halogens is 2. The molecule has 0 fully saturated rings. The first-order valence-electron chi connectivity index (χ1n) is 5.53. The quantitative estimate of drug-likeness (QED) is 0.823. The molecule has 2 N–H and O–H groups in total. The lowest BCUT2D eigenvalue weighted by Crippen LogP contribution is -2.12. The third-order valence-electron chi connectivity index (χ3n) is 2.51. The lowest BCUT2D eigenvalue weighted by atomic mass is 10.1. The van der Waals surface area contributed by atoms with Crippen LogP contribution in [0.1, 0.15) is 15.9 Å². The maximum absolute atomic E-state index is 13.2. The molecular formula is C14H11ClFNO2. The van der Waals surface area contributed by atoms with E-state index in [2.05, 4.69) is 5.32 Å². The van der Waals surface area contributed by atoms with Crippen molar-refractivity contribution in [2.75, 3.05) is 5.32 Å². The molecule has 2 aromatic carbocycles. The van der Waals surface area contributed by atoms with Crippen molar-refractivity contribution in [2.45, 2.75) is 6.92 Å². The highest BCUT2D eigenvalue weighted by atomic mass is 35.5. The van der Waals surface area contributed by atoms with Gasteiger partial charge in [0.2, 0.25) is 0 Å². The molecule has 3 nitrogen and oxygen atoms in total. The third-order valence-corrected chi connectivity index (χ3v) is 2.82. The van der Waals surface area contributed by atoms with Gasteiger partial charge in [-0.15, -0.1) is 0 Å². The first-order valence-corrected chi connectivity index (χ1v) is 5.90. The number of amides is 1. The van der Waals surface area contributed by atoms with Crippen molar-refractivity contribution in [3.05, 3.63) is 58.4 Å². The fourth-order valence-electron chi connectivity index (χ4n) is 1.67. The predicted octanol–water partition coefficient (Wildman–Crippen LogP) is 3.75. The number of hydrogen-bond acceptors (Lipinski definition) is 2. The molecule has 0 radical (unpaired) electrons. The molecule has 0 aliphatic heterocycles. The molecule has 1 amide bonds. The topological polar surface area (TPSA) is 49.3 Å². The summed E-state index contributed by atoms with van der Waals surface area (Å²) in [6, 6.07) is 8.25. The molecule has 0 aliphatic carbocycles. The lowest BCUT2D eigenvalue weighted by molar-refractivity contribution is 0.102. The van der Waals surface area contributed by atoms with Crippen molar-refractivity contribution < 1.29 is 14.3 Å². The monoisotopic (exact) mass is 279 g/mol. The van der Waals surface area contributed by atoms with Gasteiger partial charge in [0.15, 0.2) is 0 Å². The van der Waals surface area contributed by atoms with Crippen LogP contribution in [0.3, 0.4) is 0 Å². The van der Waals surface area contributed by atoms with E-state index in [1.807, 2.05) is 0 Å². The summed E-state index contributed by atoms with van der Waals surface area (Å²) in [5.41, 5.74) is 1.22. The summed E-state index contributed by atoms with van der Waals surface area (Å²) >= 11 is 5.87. The van der Waals surface area contributed by atoms with Gasteiger partial charge in [-0.05, 0) is 42.8 Å². The minimum Gasteiger partial charge on any atom is -0.508 e. The molecule has 0 bridgehead atoms. The SMILES string of the molecule is Cc1cc(F)cc(C(=O)Nc2ccc(O)cc2Cl)c1. The van der Waals surface area contributed by atoms with Crippen LogP contribution in [-0.4, -0.2) is 11.0 Å². The number of hydrogen-bond donors (Lipinski definition) is 2. The van der Waals surface area contributed by atoms with Gasteiger partial charge in [-0.2, -0.15) is 0 Å². The Hall–Kier alpha value is -2.07. The Morgan fingerprint density at radius 2 is 2.00 bits per heavy atom. The van der Waals surface area contributed by atoms with Crippen molar-refractivity contribution in [1.82, 2.24) is 0 Å². The Labute approximate surface area is 114 Å². The molecule has 0 atom stereocenters. The van der Waals surface area contributed by atoms with Crippen LogP contribution >= 0.6 is 11.6 Å². The maximum atomic E-state index is 13.2. The van der Waals surface area contributed by atoms with Crippen LogP contribution in [0.5, 0.6) is 5.75 Å². The molecule has 5 heteroatoms. The van der Waals surface area contributed by atoms with Gasteiger partial charge in [0.1, 0.15) is 11.6 Å². The minimum absolute atomic E-state index is 0.00426. The number of carbonyl (C=O) groups is 1. The Bertz CT molecular complexity index is 623. The molecule has 2 rings (SSSR count). The summed E-state index contributed by atoms with van der Waals surface area (Å²) < 4.78 is 13.2. The third kappa shape index (κ3) is 3.23. The summed E-state index contributed by atoms with van der Waals surface area (Å²) in [4.78, 5) is 12.0. The van der Waals surface area contributed by atoms with Crippen LogP contribution in [0.4, 0.5) is 10.1 Å². The Balaban J connectivity index is 2.25. The molecule has 2 aromatic rings. The zero-order valence-electron chi connectivity index (χ0n) is 10.1. The molecule has 0 aromatic heterocycles. The number of rotatable bonds is 2. The lowest BCUT2D eigenvalue weighted by Gasteiger charge is -2.08. The summed E-state index contributed by atoms with van der Waals surface area (Å²) in [5, 5.41) is 12.0. The second kappa shape index (κ2) is 5.28. The molecule has 0 heterocycles. The van der Waals surface area contributed by atoms with Gasteiger partial charge in [-0.25, -0.2) is 4.39 Å². The minimum atomic E-state index is -0.470. The van der Waals surface area contributed by atoms with E-state index in [1.54, 1.807) is 13.0 Å². The fraction of sp³-hybridized carbons (Fsp3) is 0.0714. The molecule has 0 aliphatic rings. The number of carbonyl (C=O) groups excluding carboxylic acids is 1. The Morgan fingerprint density at radius 1 is 1.26 bits per heavy atom. The zero-order valence-corrected chi connectivity index (χ0v) is 10.8. The Morgan fingerprint density at radius 3 is 2.63 bits per heavy atom. The molecular weight excluding hydrogens is 269 g/mol. The van der Waals surface area contributed by atoms with Gasteiger partial charge in [-0.3, -0.25) is 4.79 Å². The molecule has 19 heavy (non-hydrogen) atoms. The molecule has 0 unspecified atom stereocenters. The van der Waals surface area contributed by atoms with E-state index in [4.69, 9.17) is 11.6 Å². The molecule has 0 saturated carbocycles. The van der Waals surface area contributed by atoms with E-state index in [-0.39, 0.29) is 16.3 Å². The van der Waals surface area contributed by atoms with Crippen LogP contribution < -0.4 is 5.32 Å². The van der Waals surface area contributed by atoms with Crippen LogP contribution in [0.15, 0.2) is 36.4 Å². The van der Waals surface area contributed by atoms with Gasteiger partial charge in [0.25, 0.3) is 5.91 Å². The maximum Gasteiger partial charge on any atom is 0.255 e. The van der Waals surface area contributed by atoms with Crippen LogP contribution in [-0.2, 0) is 0 Å². The number of benzene rings is 2. The van der Waals surface area contributed by atoms with Crippen molar-refractivity contribution >= 4 is 23.2 Å².